The number of aliphatic hydroxyl groups excluding tert-OH is 1. The van der Waals surface area contributed by atoms with Gasteiger partial charge < -0.3 is 10.0 Å². The first-order chi connectivity index (χ1) is 16.1. The van der Waals surface area contributed by atoms with E-state index in [-0.39, 0.29) is 53.9 Å². The number of aliphatic hydroxyl groups is 1. The van der Waals surface area contributed by atoms with Gasteiger partial charge in [0.1, 0.15) is 5.69 Å². The molecular weight excluding hydrogens is 497 g/mol. The number of hydrogen-bond donors (Lipinski definition) is 2. The van der Waals surface area contributed by atoms with E-state index in [1.807, 2.05) is 0 Å². The van der Waals surface area contributed by atoms with Crippen molar-refractivity contribution in [2.24, 2.45) is 0 Å². The first kappa shape index (κ1) is 24.1. The van der Waals surface area contributed by atoms with Gasteiger partial charge in [-0.3, -0.25) is 19.6 Å². The van der Waals surface area contributed by atoms with Crippen LogP contribution in [0.5, 0.6) is 0 Å². The van der Waals surface area contributed by atoms with E-state index in [9.17, 15) is 27.9 Å². The molecule has 9 nitrogen and oxygen atoms in total. The molecule has 0 radical (unpaired) electrons. The molecule has 0 bridgehead atoms. The van der Waals surface area contributed by atoms with Crippen molar-refractivity contribution in [3.63, 3.8) is 0 Å². The molecule has 0 saturated heterocycles. The SMILES string of the molecule is CCc1c(C(=O)Nc2nnc(C(F)(F)F)s2)nn2c1C(=O)N(CC(O)c1ccccc1Cl)CC2. The fourth-order valence-electron chi connectivity index (χ4n) is 3.66. The van der Waals surface area contributed by atoms with E-state index < -0.39 is 29.1 Å². The third kappa shape index (κ3) is 4.63. The lowest BCUT2D eigenvalue weighted by Crippen LogP contribution is -2.43. The van der Waals surface area contributed by atoms with Crippen molar-refractivity contribution in [3.05, 3.63) is 56.8 Å². The van der Waals surface area contributed by atoms with Gasteiger partial charge in [0.25, 0.3) is 11.8 Å². The Morgan fingerprint density at radius 2 is 2.03 bits per heavy atom. The monoisotopic (exact) mass is 514 g/mol. The summed E-state index contributed by atoms with van der Waals surface area (Å²) in [4.78, 5) is 27.4. The Kier molecular flexibility index (Phi) is 6.60. The summed E-state index contributed by atoms with van der Waals surface area (Å²) < 4.78 is 39.6. The molecule has 1 aliphatic heterocycles. The summed E-state index contributed by atoms with van der Waals surface area (Å²) in [6.45, 7) is 2.23. The molecule has 180 valence electrons. The Morgan fingerprint density at radius 3 is 2.68 bits per heavy atom. The van der Waals surface area contributed by atoms with Crippen molar-refractivity contribution in [2.75, 3.05) is 18.4 Å². The van der Waals surface area contributed by atoms with E-state index in [2.05, 4.69) is 20.6 Å². The molecule has 4 rings (SSSR count). The van der Waals surface area contributed by atoms with Crippen LogP contribution in [0.2, 0.25) is 5.02 Å². The number of aromatic nitrogens is 4. The first-order valence-electron chi connectivity index (χ1n) is 10.1. The summed E-state index contributed by atoms with van der Waals surface area (Å²) in [5, 5.41) is 22.3. The van der Waals surface area contributed by atoms with E-state index in [0.29, 0.717) is 16.1 Å². The smallest absolute Gasteiger partial charge is 0.387 e. The highest BCUT2D eigenvalue weighted by atomic mass is 35.5. The van der Waals surface area contributed by atoms with Crippen molar-refractivity contribution in [3.8, 4) is 0 Å². The molecule has 2 N–H and O–H groups in total. The lowest BCUT2D eigenvalue weighted by atomic mass is 10.1. The summed E-state index contributed by atoms with van der Waals surface area (Å²) >= 11 is 6.33. The fourth-order valence-corrected chi connectivity index (χ4v) is 4.52. The minimum atomic E-state index is -4.67. The van der Waals surface area contributed by atoms with Crippen LogP contribution < -0.4 is 5.32 Å². The highest BCUT2D eigenvalue weighted by Gasteiger charge is 2.37. The Bertz CT molecular complexity index is 1240. The molecule has 3 aromatic rings. The van der Waals surface area contributed by atoms with Crippen molar-refractivity contribution in [1.29, 1.82) is 0 Å². The topological polar surface area (TPSA) is 113 Å². The second kappa shape index (κ2) is 9.31. The van der Waals surface area contributed by atoms with E-state index in [1.165, 1.54) is 9.58 Å². The molecule has 3 heterocycles. The van der Waals surface area contributed by atoms with Crippen LogP contribution in [0.15, 0.2) is 24.3 Å². The normalized spacial score (nSPS) is 14.8. The molecule has 1 aliphatic rings. The van der Waals surface area contributed by atoms with Gasteiger partial charge in [-0.2, -0.15) is 18.3 Å². The predicted molar refractivity (Wildman–Crippen MR) is 117 cm³/mol. The van der Waals surface area contributed by atoms with Crippen molar-refractivity contribution < 1.29 is 27.9 Å². The highest BCUT2D eigenvalue weighted by molar-refractivity contribution is 7.15. The molecule has 0 spiro atoms. The average Bonchev–Trinajstić information content (AvgIpc) is 3.40. The number of carbonyl (C=O) groups excluding carboxylic acids is 2. The third-order valence-corrected chi connectivity index (χ3v) is 6.46. The second-order valence-electron chi connectivity index (χ2n) is 7.41. The Labute approximate surface area is 200 Å². The van der Waals surface area contributed by atoms with E-state index in [4.69, 9.17) is 11.6 Å². The van der Waals surface area contributed by atoms with Gasteiger partial charge in [-0.25, -0.2) is 0 Å². The third-order valence-electron chi connectivity index (χ3n) is 5.24. The van der Waals surface area contributed by atoms with Crippen molar-refractivity contribution in [1.82, 2.24) is 24.9 Å². The lowest BCUT2D eigenvalue weighted by molar-refractivity contribution is -0.138. The zero-order valence-electron chi connectivity index (χ0n) is 17.6. The zero-order valence-corrected chi connectivity index (χ0v) is 19.2. The highest BCUT2D eigenvalue weighted by Crippen LogP contribution is 2.33. The number of alkyl halides is 3. The maximum absolute atomic E-state index is 13.2. The summed E-state index contributed by atoms with van der Waals surface area (Å²) in [5.74, 6) is -1.21. The molecule has 2 aromatic heterocycles. The molecule has 14 heteroatoms. The van der Waals surface area contributed by atoms with Gasteiger partial charge in [-0.15, -0.1) is 10.2 Å². The standard InChI is InChI=1S/C20H18ClF3N6O3S/c1-2-10-14(16(32)25-19-27-26-18(34-19)20(22,23)24)28-30-8-7-29(17(33)15(10)30)9-13(31)11-5-3-4-6-12(11)21/h3-6,13,31H,2,7-9H2,1H3,(H,25,27,32). The Balaban J connectivity index is 1.55. The maximum atomic E-state index is 13.2. The van der Waals surface area contributed by atoms with Gasteiger partial charge >= 0.3 is 6.18 Å². The van der Waals surface area contributed by atoms with Gasteiger partial charge in [0.15, 0.2) is 5.69 Å². The number of nitrogens with zero attached hydrogens (tertiary/aromatic N) is 5. The van der Waals surface area contributed by atoms with Gasteiger partial charge in [0.2, 0.25) is 10.1 Å². The Hall–Kier alpha value is -3.03. The van der Waals surface area contributed by atoms with Crippen LogP contribution in [0.4, 0.5) is 18.3 Å². The number of nitrogens with one attached hydrogen (secondary N) is 1. The van der Waals surface area contributed by atoms with Crippen LogP contribution >= 0.6 is 22.9 Å². The largest absolute Gasteiger partial charge is 0.445 e. The molecule has 0 fully saturated rings. The number of hydrogen-bond acceptors (Lipinski definition) is 7. The van der Waals surface area contributed by atoms with Crippen LogP contribution in [0, 0.1) is 0 Å². The minimum Gasteiger partial charge on any atom is -0.387 e. The summed E-state index contributed by atoms with van der Waals surface area (Å²) in [6, 6.07) is 6.77. The number of benzene rings is 1. The maximum Gasteiger partial charge on any atom is 0.445 e. The van der Waals surface area contributed by atoms with Gasteiger partial charge in [-0.05, 0) is 12.5 Å². The second-order valence-corrected chi connectivity index (χ2v) is 8.79. The van der Waals surface area contributed by atoms with E-state index in [0.717, 1.165) is 0 Å². The minimum absolute atomic E-state index is 0.0105. The van der Waals surface area contributed by atoms with Crippen LogP contribution in [0.1, 0.15) is 50.1 Å². The Morgan fingerprint density at radius 1 is 1.29 bits per heavy atom. The number of amides is 2. The van der Waals surface area contributed by atoms with Crippen LogP contribution in [0.3, 0.4) is 0 Å². The van der Waals surface area contributed by atoms with Crippen molar-refractivity contribution in [2.45, 2.75) is 32.2 Å². The molecule has 34 heavy (non-hydrogen) atoms. The quantitative estimate of drug-likeness (QED) is 0.521. The number of carbonyl (C=O) groups is 2. The molecule has 0 aliphatic carbocycles. The summed E-state index contributed by atoms with van der Waals surface area (Å²) in [5.41, 5.74) is 0.948. The zero-order chi connectivity index (χ0) is 24.6. The lowest BCUT2D eigenvalue weighted by Gasteiger charge is -2.30. The van der Waals surface area contributed by atoms with Gasteiger partial charge in [0.05, 0.1) is 19.2 Å². The molecule has 1 unspecified atom stereocenters. The predicted octanol–water partition coefficient (Wildman–Crippen LogP) is 3.41. The van der Waals surface area contributed by atoms with Crippen LogP contribution in [-0.4, -0.2) is 54.9 Å². The molecule has 1 aromatic carbocycles. The number of anilines is 1. The summed E-state index contributed by atoms with van der Waals surface area (Å²) in [7, 11) is 0. The molecular formula is C20H18ClF3N6O3S. The molecule has 1 atom stereocenters. The van der Waals surface area contributed by atoms with Crippen LogP contribution in [-0.2, 0) is 19.1 Å². The fraction of sp³-hybridized carbons (Fsp3) is 0.350. The molecule has 2 amide bonds. The van der Waals surface area contributed by atoms with Crippen LogP contribution in [0.25, 0.3) is 0 Å². The number of halogens is 4. The average molecular weight is 515 g/mol. The van der Waals surface area contributed by atoms with Gasteiger partial charge in [0, 0.05) is 22.7 Å². The molecule has 0 saturated carbocycles. The number of rotatable bonds is 6. The number of β-amino-alcohol motifs (C(OH)–C–C–N with tert-alkyl or cyclic N) is 1. The number of fused-ring (bicyclic) bond motifs is 1. The summed E-state index contributed by atoms with van der Waals surface area (Å²) in [6.07, 6.45) is -5.41. The first-order valence-corrected chi connectivity index (χ1v) is 11.3. The van der Waals surface area contributed by atoms with E-state index in [1.54, 1.807) is 31.2 Å². The van der Waals surface area contributed by atoms with Gasteiger partial charge in [-0.1, -0.05) is 48.1 Å². The van der Waals surface area contributed by atoms with E-state index >= 15 is 0 Å². The van der Waals surface area contributed by atoms with Crippen molar-refractivity contribution >= 4 is 39.9 Å².